The highest BCUT2D eigenvalue weighted by Gasteiger charge is 2.08. The van der Waals surface area contributed by atoms with Crippen LogP contribution in [0, 0.1) is 6.92 Å². The van der Waals surface area contributed by atoms with Crippen LogP contribution in [0.2, 0.25) is 0 Å². The Balaban J connectivity index is 1.46. The van der Waals surface area contributed by atoms with Gasteiger partial charge >= 0.3 is 0 Å². The Labute approximate surface area is 182 Å². The van der Waals surface area contributed by atoms with Crippen molar-refractivity contribution in [3.05, 3.63) is 95.9 Å². The van der Waals surface area contributed by atoms with Gasteiger partial charge in [0.1, 0.15) is 6.61 Å². The second kappa shape index (κ2) is 9.76. The number of hydrogen-bond acceptors (Lipinski definition) is 5. The van der Waals surface area contributed by atoms with Crippen molar-refractivity contribution in [1.29, 1.82) is 0 Å². The minimum Gasteiger partial charge on any atom is -0.490 e. The Bertz CT molecular complexity index is 1150. The van der Waals surface area contributed by atoms with Crippen molar-refractivity contribution in [3.8, 4) is 22.6 Å². The number of rotatable bonds is 8. The summed E-state index contributed by atoms with van der Waals surface area (Å²) in [4.78, 5) is 4.59. The maximum Gasteiger partial charge on any atom is 0.174 e. The van der Waals surface area contributed by atoms with Crippen LogP contribution in [0.1, 0.15) is 23.9 Å². The lowest BCUT2D eigenvalue weighted by atomic mass is 10.1. The first-order valence-corrected chi connectivity index (χ1v) is 10.2. The lowest BCUT2D eigenvalue weighted by molar-refractivity contribution is 0.233. The summed E-state index contributed by atoms with van der Waals surface area (Å²) in [5.74, 6) is 1.99. The zero-order chi connectivity index (χ0) is 21.5. The molecule has 5 nitrogen and oxygen atoms in total. The van der Waals surface area contributed by atoms with Gasteiger partial charge < -0.3 is 14.0 Å². The molecule has 1 heterocycles. The third-order valence-corrected chi connectivity index (χ3v) is 4.65. The van der Waals surface area contributed by atoms with E-state index in [0.29, 0.717) is 30.5 Å². The minimum atomic E-state index is 0.294. The molecule has 0 spiro atoms. The molecule has 0 atom stereocenters. The Morgan fingerprint density at radius 3 is 2.35 bits per heavy atom. The van der Waals surface area contributed by atoms with E-state index in [-0.39, 0.29) is 0 Å². The summed E-state index contributed by atoms with van der Waals surface area (Å²) < 4.78 is 16.8. The van der Waals surface area contributed by atoms with Crippen LogP contribution in [0.3, 0.4) is 0 Å². The summed E-state index contributed by atoms with van der Waals surface area (Å²) in [7, 11) is 0. The van der Waals surface area contributed by atoms with Crippen LogP contribution in [0.25, 0.3) is 11.1 Å². The minimum absolute atomic E-state index is 0.294. The van der Waals surface area contributed by atoms with Gasteiger partial charge in [-0.05, 0) is 60.9 Å². The summed E-state index contributed by atoms with van der Waals surface area (Å²) in [6.45, 7) is 4.65. The molecule has 0 amide bonds. The molecule has 4 aromatic rings. The number of ether oxygens (including phenoxy) is 2. The molecule has 5 heteroatoms. The summed E-state index contributed by atoms with van der Waals surface area (Å²) >= 11 is 0. The lowest BCUT2D eigenvalue weighted by Crippen LogP contribution is -2.00. The fourth-order valence-electron chi connectivity index (χ4n) is 3.15. The van der Waals surface area contributed by atoms with Crippen molar-refractivity contribution >= 4 is 11.9 Å². The fourth-order valence-corrected chi connectivity index (χ4v) is 3.15. The maximum atomic E-state index is 5.86. The second-order valence-electron chi connectivity index (χ2n) is 7.03. The molecule has 0 saturated carbocycles. The molecular formula is C26H24N2O3. The van der Waals surface area contributed by atoms with Gasteiger partial charge in [0.25, 0.3) is 0 Å². The zero-order valence-corrected chi connectivity index (χ0v) is 17.6. The topological polar surface area (TPSA) is 56.9 Å². The van der Waals surface area contributed by atoms with E-state index in [1.54, 1.807) is 0 Å². The standard InChI is InChI=1S/C26H24N2O3/c1-3-29-26-16-20(9-14-25(26)30-18-24-15-19(2)28-31-24)17-27-23-12-10-22(11-13-23)21-7-5-4-6-8-21/h4-17H,3,18H2,1-2H3. The predicted octanol–water partition coefficient (Wildman–Crippen LogP) is 6.38. The smallest absolute Gasteiger partial charge is 0.174 e. The molecule has 0 aliphatic carbocycles. The molecule has 0 radical (unpaired) electrons. The number of aromatic nitrogens is 1. The molecule has 1 aromatic heterocycles. The lowest BCUT2D eigenvalue weighted by Gasteiger charge is -2.11. The second-order valence-corrected chi connectivity index (χ2v) is 7.03. The molecule has 31 heavy (non-hydrogen) atoms. The number of aliphatic imine (C=N–C) groups is 1. The van der Waals surface area contributed by atoms with Gasteiger partial charge in [-0.15, -0.1) is 0 Å². The first-order chi connectivity index (χ1) is 15.2. The van der Waals surface area contributed by atoms with Crippen molar-refractivity contribution < 1.29 is 14.0 Å². The Morgan fingerprint density at radius 2 is 1.65 bits per heavy atom. The summed E-state index contributed by atoms with van der Waals surface area (Å²) in [6.07, 6.45) is 1.82. The first kappa shape index (κ1) is 20.4. The number of hydrogen-bond donors (Lipinski definition) is 0. The molecule has 0 aliphatic rings. The van der Waals surface area contributed by atoms with Crippen molar-refractivity contribution in [3.63, 3.8) is 0 Å². The van der Waals surface area contributed by atoms with E-state index in [2.05, 4.69) is 34.4 Å². The molecule has 3 aromatic carbocycles. The molecule has 156 valence electrons. The highest BCUT2D eigenvalue weighted by atomic mass is 16.5. The van der Waals surface area contributed by atoms with Crippen LogP contribution in [0.4, 0.5) is 5.69 Å². The largest absolute Gasteiger partial charge is 0.490 e. The maximum absolute atomic E-state index is 5.86. The third kappa shape index (κ3) is 5.39. The molecule has 0 fully saturated rings. The van der Waals surface area contributed by atoms with E-state index in [0.717, 1.165) is 16.9 Å². The van der Waals surface area contributed by atoms with E-state index in [1.165, 1.54) is 11.1 Å². The van der Waals surface area contributed by atoms with Crippen LogP contribution in [0.5, 0.6) is 11.5 Å². The SMILES string of the molecule is CCOc1cc(C=Nc2ccc(-c3ccccc3)cc2)ccc1OCc1cc(C)no1. The van der Waals surface area contributed by atoms with Crippen LogP contribution in [-0.2, 0) is 6.61 Å². The Hall–Kier alpha value is -3.86. The van der Waals surface area contributed by atoms with E-state index in [1.807, 2.05) is 74.7 Å². The molecule has 4 rings (SSSR count). The number of aryl methyl sites for hydroxylation is 1. The van der Waals surface area contributed by atoms with Gasteiger partial charge in [-0.25, -0.2) is 0 Å². The molecular weight excluding hydrogens is 388 g/mol. The van der Waals surface area contributed by atoms with Crippen molar-refractivity contribution in [2.24, 2.45) is 4.99 Å². The van der Waals surface area contributed by atoms with Crippen molar-refractivity contribution in [2.45, 2.75) is 20.5 Å². The van der Waals surface area contributed by atoms with Crippen LogP contribution < -0.4 is 9.47 Å². The highest BCUT2D eigenvalue weighted by Crippen LogP contribution is 2.29. The monoisotopic (exact) mass is 412 g/mol. The van der Waals surface area contributed by atoms with Gasteiger partial charge in [0.2, 0.25) is 0 Å². The van der Waals surface area contributed by atoms with E-state index in [9.17, 15) is 0 Å². The van der Waals surface area contributed by atoms with E-state index in [4.69, 9.17) is 14.0 Å². The Kier molecular flexibility index (Phi) is 6.43. The average molecular weight is 412 g/mol. The van der Waals surface area contributed by atoms with Gasteiger partial charge in [-0.2, -0.15) is 0 Å². The quantitative estimate of drug-likeness (QED) is 0.315. The molecule has 0 N–H and O–H groups in total. The van der Waals surface area contributed by atoms with Crippen LogP contribution in [0.15, 0.2) is 88.4 Å². The molecule has 0 saturated heterocycles. The predicted molar refractivity (Wildman–Crippen MR) is 122 cm³/mol. The first-order valence-electron chi connectivity index (χ1n) is 10.2. The molecule has 0 unspecified atom stereocenters. The molecule has 0 aliphatic heterocycles. The summed E-state index contributed by atoms with van der Waals surface area (Å²) in [5, 5.41) is 3.87. The zero-order valence-electron chi connectivity index (χ0n) is 17.6. The van der Waals surface area contributed by atoms with Gasteiger partial charge in [0.15, 0.2) is 17.3 Å². The van der Waals surface area contributed by atoms with Crippen molar-refractivity contribution in [2.75, 3.05) is 6.61 Å². The van der Waals surface area contributed by atoms with Gasteiger partial charge in [0, 0.05) is 12.3 Å². The summed E-state index contributed by atoms with van der Waals surface area (Å²) in [5.41, 5.74) is 5.00. The van der Waals surface area contributed by atoms with Gasteiger partial charge in [0.05, 0.1) is 18.0 Å². The number of benzene rings is 3. The Morgan fingerprint density at radius 1 is 0.871 bits per heavy atom. The average Bonchev–Trinajstić information content (AvgIpc) is 3.23. The normalized spacial score (nSPS) is 11.0. The van der Waals surface area contributed by atoms with Crippen LogP contribution in [-0.4, -0.2) is 18.0 Å². The van der Waals surface area contributed by atoms with Crippen LogP contribution >= 0.6 is 0 Å². The van der Waals surface area contributed by atoms with E-state index < -0.39 is 0 Å². The fraction of sp³-hybridized carbons (Fsp3) is 0.154. The summed E-state index contributed by atoms with van der Waals surface area (Å²) in [6, 6.07) is 26.1. The molecule has 0 bridgehead atoms. The van der Waals surface area contributed by atoms with Gasteiger partial charge in [-0.3, -0.25) is 4.99 Å². The third-order valence-electron chi connectivity index (χ3n) is 4.65. The highest BCUT2D eigenvalue weighted by molar-refractivity contribution is 5.83. The number of nitrogens with zero attached hydrogens (tertiary/aromatic N) is 2. The van der Waals surface area contributed by atoms with Gasteiger partial charge in [-0.1, -0.05) is 47.6 Å². The van der Waals surface area contributed by atoms with Crippen molar-refractivity contribution in [1.82, 2.24) is 5.16 Å². The van der Waals surface area contributed by atoms with E-state index >= 15 is 0 Å².